The molecule has 1 heterocycles. The van der Waals surface area contributed by atoms with Crippen molar-refractivity contribution < 1.29 is 19.4 Å². The zero-order valence-electron chi connectivity index (χ0n) is 10.6. The average Bonchev–Trinajstić information content (AvgIpc) is 2.71. The lowest BCUT2D eigenvalue weighted by Gasteiger charge is -2.11. The molecule has 19 heavy (non-hydrogen) atoms. The largest absolute Gasteiger partial charge is 0.507 e. The number of carbonyl (C=O) groups is 1. The van der Waals surface area contributed by atoms with Gasteiger partial charge in [0.15, 0.2) is 6.04 Å². The Kier molecular flexibility index (Phi) is 4.09. The minimum absolute atomic E-state index is 0.0461. The van der Waals surface area contributed by atoms with Crippen LogP contribution in [-0.4, -0.2) is 35.7 Å². The number of carbonyl (C=O) groups excluding carboxylic acids is 1. The van der Waals surface area contributed by atoms with Gasteiger partial charge in [0, 0.05) is 4.47 Å². The van der Waals surface area contributed by atoms with Crippen LogP contribution in [-0.2, 0) is 14.3 Å². The maximum atomic E-state index is 11.7. The highest BCUT2D eigenvalue weighted by molar-refractivity contribution is 9.10. The van der Waals surface area contributed by atoms with E-state index < -0.39 is 18.1 Å². The lowest BCUT2D eigenvalue weighted by atomic mass is 10.2. The standard InChI is InChI=1S/C13H14BrNO4/c1-3-18-13(17)11-7(2)19-12(15-11)9-5-4-8(14)6-10(9)16/h4-7,11,16H,3H2,1-2H3/t7-,11-/m1/s1. The highest BCUT2D eigenvalue weighted by Crippen LogP contribution is 2.27. The summed E-state index contributed by atoms with van der Waals surface area (Å²) in [5.41, 5.74) is 0.460. The van der Waals surface area contributed by atoms with Crippen molar-refractivity contribution in [1.82, 2.24) is 0 Å². The molecule has 2 rings (SSSR count). The van der Waals surface area contributed by atoms with Crippen LogP contribution < -0.4 is 0 Å². The molecule has 5 nitrogen and oxygen atoms in total. The first-order valence-corrected chi connectivity index (χ1v) is 6.72. The van der Waals surface area contributed by atoms with Gasteiger partial charge in [0.25, 0.3) is 0 Å². The van der Waals surface area contributed by atoms with E-state index in [4.69, 9.17) is 9.47 Å². The SMILES string of the molecule is CCOC(=O)[C@@H]1N=C(c2ccc(Br)cc2O)O[C@@H]1C. The lowest BCUT2D eigenvalue weighted by Crippen LogP contribution is -2.29. The maximum Gasteiger partial charge on any atom is 0.334 e. The summed E-state index contributed by atoms with van der Waals surface area (Å²) in [5.74, 6) is -0.109. The van der Waals surface area contributed by atoms with Crippen molar-refractivity contribution in [2.75, 3.05) is 6.61 Å². The highest BCUT2D eigenvalue weighted by atomic mass is 79.9. The Morgan fingerprint density at radius 3 is 2.95 bits per heavy atom. The van der Waals surface area contributed by atoms with Crippen LogP contribution in [0.3, 0.4) is 0 Å². The number of hydrogen-bond acceptors (Lipinski definition) is 5. The fourth-order valence-corrected chi connectivity index (χ4v) is 2.14. The van der Waals surface area contributed by atoms with Gasteiger partial charge in [0.2, 0.25) is 5.90 Å². The summed E-state index contributed by atoms with van der Waals surface area (Å²) in [5, 5.41) is 9.86. The van der Waals surface area contributed by atoms with Crippen molar-refractivity contribution in [3.05, 3.63) is 28.2 Å². The number of aromatic hydroxyl groups is 1. The van der Waals surface area contributed by atoms with E-state index in [0.717, 1.165) is 4.47 Å². The van der Waals surface area contributed by atoms with Crippen molar-refractivity contribution in [3.63, 3.8) is 0 Å². The summed E-state index contributed by atoms with van der Waals surface area (Å²) in [6, 6.07) is 4.31. The molecule has 0 radical (unpaired) electrons. The molecular weight excluding hydrogens is 314 g/mol. The molecule has 0 spiro atoms. The van der Waals surface area contributed by atoms with E-state index in [9.17, 15) is 9.90 Å². The van der Waals surface area contributed by atoms with Gasteiger partial charge in [-0.25, -0.2) is 9.79 Å². The number of nitrogens with zero attached hydrogens (tertiary/aromatic N) is 1. The molecule has 1 aliphatic heterocycles. The Balaban J connectivity index is 2.26. The topological polar surface area (TPSA) is 68.1 Å². The van der Waals surface area contributed by atoms with E-state index in [2.05, 4.69) is 20.9 Å². The maximum absolute atomic E-state index is 11.7. The van der Waals surface area contributed by atoms with Crippen LogP contribution in [0.25, 0.3) is 0 Å². The van der Waals surface area contributed by atoms with Gasteiger partial charge in [-0.2, -0.15) is 0 Å². The van der Waals surface area contributed by atoms with E-state index in [1.807, 2.05) is 0 Å². The van der Waals surface area contributed by atoms with Gasteiger partial charge in [0.05, 0.1) is 12.2 Å². The predicted molar refractivity (Wildman–Crippen MR) is 73.3 cm³/mol. The number of esters is 1. The molecule has 1 N–H and O–H groups in total. The molecule has 102 valence electrons. The molecule has 0 saturated carbocycles. The molecule has 1 aromatic carbocycles. The van der Waals surface area contributed by atoms with Crippen molar-refractivity contribution in [1.29, 1.82) is 0 Å². The molecule has 0 aliphatic carbocycles. The van der Waals surface area contributed by atoms with Gasteiger partial charge in [-0.05, 0) is 32.0 Å². The van der Waals surface area contributed by atoms with Crippen LogP contribution in [0.5, 0.6) is 5.75 Å². The van der Waals surface area contributed by atoms with E-state index in [1.54, 1.807) is 32.0 Å². The van der Waals surface area contributed by atoms with E-state index in [1.165, 1.54) is 0 Å². The van der Waals surface area contributed by atoms with Gasteiger partial charge in [-0.1, -0.05) is 15.9 Å². The van der Waals surface area contributed by atoms with Gasteiger partial charge >= 0.3 is 5.97 Å². The average molecular weight is 328 g/mol. The summed E-state index contributed by atoms with van der Waals surface area (Å²) in [6.07, 6.45) is -0.405. The fourth-order valence-electron chi connectivity index (χ4n) is 1.79. The number of phenolic OH excluding ortho intramolecular Hbond substituents is 1. The molecule has 1 aliphatic rings. The lowest BCUT2D eigenvalue weighted by molar-refractivity contribution is -0.145. The Hall–Kier alpha value is -1.56. The van der Waals surface area contributed by atoms with Crippen molar-refractivity contribution in [2.24, 2.45) is 4.99 Å². The van der Waals surface area contributed by atoms with Crippen molar-refractivity contribution >= 4 is 27.8 Å². The molecule has 0 fully saturated rings. The molecule has 0 aromatic heterocycles. The number of hydrogen-bond donors (Lipinski definition) is 1. The van der Waals surface area contributed by atoms with E-state index >= 15 is 0 Å². The predicted octanol–water partition coefficient (Wildman–Crippen LogP) is 2.25. The quantitative estimate of drug-likeness (QED) is 0.864. The Morgan fingerprint density at radius 2 is 2.32 bits per heavy atom. The summed E-state index contributed by atoms with van der Waals surface area (Å²) < 4.78 is 11.2. The number of ether oxygens (including phenoxy) is 2. The van der Waals surface area contributed by atoms with Crippen LogP contribution in [0.1, 0.15) is 19.4 Å². The first kappa shape index (κ1) is 13.9. The minimum Gasteiger partial charge on any atom is -0.507 e. The number of rotatable bonds is 3. The third-order valence-corrected chi connectivity index (χ3v) is 3.21. The molecule has 0 bridgehead atoms. The molecule has 0 unspecified atom stereocenters. The number of aliphatic imine (C=N–C) groups is 1. The Bertz CT molecular complexity index is 529. The Morgan fingerprint density at radius 1 is 1.58 bits per heavy atom. The molecule has 1 aromatic rings. The monoisotopic (exact) mass is 327 g/mol. The molecule has 2 atom stereocenters. The van der Waals surface area contributed by atoms with Gasteiger partial charge in [-0.15, -0.1) is 0 Å². The third-order valence-electron chi connectivity index (χ3n) is 2.72. The first-order valence-electron chi connectivity index (χ1n) is 5.93. The molecule has 6 heteroatoms. The summed E-state index contributed by atoms with van der Waals surface area (Å²) in [7, 11) is 0. The second kappa shape index (κ2) is 5.61. The van der Waals surface area contributed by atoms with Crippen LogP contribution in [0, 0.1) is 0 Å². The number of phenols is 1. The third kappa shape index (κ3) is 2.89. The second-order valence-electron chi connectivity index (χ2n) is 4.12. The zero-order valence-corrected chi connectivity index (χ0v) is 12.2. The molecule has 0 amide bonds. The van der Waals surface area contributed by atoms with E-state index in [0.29, 0.717) is 12.2 Å². The fraction of sp³-hybridized carbons (Fsp3) is 0.385. The van der Waals surface area contributed by atoms with Crippen LogP contribution in [0.4, 0.5) is 0 Å². The van der Waals surface area contributed by atoms with Crippen molar-refractivity contribution in [3.8, 4) is 5.75 Å². The summed E-state index contributed by atoms with van der Waals surface area (Å²) >= 11 is 3.26. The van der Waals surface area contributed by atoms with Gasteiger partial charge < -0.3 is 14.6 Å². The smallest absolute Gasteiger partial charge is 0.334 e. The van der Waals surface area contributed by atoms with Crippen LogP contribution in [0.15, 0.2) is 27.7 Å². The second-order valence-corrected chi connectivity index (χ2v) is 5.03. The minimum atomic E-state index is -0.682. The first-order chi connectivity index (χ1) is 9.02. The van der Waals surface area contributed by atoms with E-state index in [-0.39, 0.29) is 11.6 Å². The van der Waals surface area contributed by atoms with Crippen LogP contribution in [0.2, 0.25) is 0 Å². The number of halogens is 1. The highest BCUT2D eigenvalue weighted by Gasteiger charge is 2.35. The van der Waals surface area contributed by atoms with Crippen LogP contribution >= 0.6 is 15.9 Å². The molecule has 0 saturated heterocycles. The van der Waals surface area contributed by atoms with Gasteiger partial charge in [0.1, 0.15) is 11.9 Å². The summed E-state index contributed by atoms with van der Waals surface area (Å²) in [6.45, 7) is 3.79. The van der Waals surface area contributed by atoms with Crippen molar-refractivity contribution in [2.45, 2.75) is 26.0 Å². The summed E-state index contributed by atoms with van der Waals surface area (Å²) in [4.78, 5) is 15.9. The zero-order chi connectivity index (χ0) is 14.0. The van der Waals surface area contributed by atoms with Gasteiger partial charge in [-0.3, -0.25) is 0 Å². The Labute approximate surface area is 119 Å². The number of benzene rings is 1. The normalized spacial score (nSPS) is 21.7. The molecular formula is C13H14BrNO4.